The number of hydrogen-bond donors (Lipinski definition) is 0. The molecule has 0 unspecified atom stereocenters. The highest BCUT2D eigenvalue weighted by atomic mass is 16.2. The number of rotatable bonds is 7. The van der Waals surface area contributed by atoms with Crippen molar-refractivity contribution in [3.05, 3.63) is 47.5 Å². The van der Waals surface area contributed by atoms with E-state index >= 15 is 0 Å². The van der Waals surface area contributed by atoms with Gasteiger partial charge in [-0.2, -0.15) is 5.10 Å². The molecular formula is C23H33N5O2. The summed E-state index contributed by atoms with van der Waals surface area (Å²) in [6, 6.07) is 3.56. The highest BCUT2D eigenvalue weighted by Crippen LogP contribution is 2.38. The average Bonchev–Trinajstić information content (AvgIpc) is 3.08. The first-order chi connectivity index (χ1) is 14.3. The van der Waals surface area contributed by atoms with Gasteiger partial charge in [-0.1, -0.05) is 19.9 Å². The molecule has 162 valence electrons. The third kappa shape index (κ3) is 4.55. The van der Waals surface area contributed by atoms with E-state index in [2.05, 4.69) is 30.9 Å². The number of carbonyl (C=O) groups is 2. The third-order valence-electron chi connectivity index (χ3n) is 5.90. The summed E-state index contributed by atoms with van der Waals surface area (Å²) < 4.78 is 1.94. The van der Waals surface area contributed by atoms with Gasteiger partial charge in [-0.3, -0.25) is 19.3 Å². The minimum absolute atomic E-state index is 0.0637. The molecule has 2 aromatic heterocycles. The number of likely N-dealkylation sites (tertiary alicyclic amines) is 1. The normalized spacial score (nSPS) is 19.4. The molecule has 1 aliphatic heterocycles. The SMILES string of the molecule is CCn1ncc(CN(C)C(=O)[C@@H]2CCC(=O)N(CC(C)C)[C@H]2c2cccnc2)c1C. The Morgan fingerprint density at radius 3 is 2.70 bits per heavy atom. The molecule has 0 radical (unpaired) electrons. The molecule has 2 aromatic rings. The maximum Gasteiger partial charge on any atom is 0.228 e. The summed E-state index contributed by atoms with van der Waals surface area (Å²) >= 11 is 0. The van der Waals surface area contributed by atoms with Gasteiger partial charge in [0.25, 0.3) is 0 Å². The lowest BCUT2D eigenvalue weighted by molar-refractivity contribution is -0.148. The molecule has 0 aromatic carbocycles. The molecule has 1 saturated heterocycles. The summed E-state index contributed by atoms with van der Waals surface area (Å²) in [5, 5.41) is 4.39. The van der Waals surface area contributed by atoms with Gasteiger partial charge < -0.3 is 9.80 Å². The molecule has 1 fully saturated rings. The van der Waals surface area contributed by atoms with Crippen molar-refractivity contribution in [3.63, 3.8) is 0 Å². The van der Waals surface area contributed by atoms with E-state index < -0.39 is 0 Å². The van der Waals surface area contributed by atoms with Crippen LogP contribution in [0.2, 0.25) is 0 Å². The van der Waals surface area contributed by atoms with Gasteiger partial charge in [-0.25, -0.2) is 0 Å². The molecule has 0 N–H and O–H groups in total. The van der Waals surface area contributed by atoms with Crippen molar-refractivity contribution in [3.8, 4) is 0 Å². The van der Waals surface area contributed by atoms with Crippen LogP contribution >= 0.6 is 0 Å². The van der Waals surface area contributed by atoms with Gasteiger partial charge >= 0.3 is 0 Å². The molecule has 0 aliphatic carbocycles. The Morgan fingerprint density at radius 2 is 2.10 bits per heavy atom. The fraction of sp³-hybridized carbons (Fsp3) is 0.565. The standard InChI is InChI=1S/C23H33N5O2/c1-6-28-17(4)19(13-25-28)15-26(5)23(30)20-9-10-21(29)27(14-16(2)3)22(20)18-8-7-11-24-12-18/h7-8,11-13,16,20,22H,6,9-10,14-15H2,1-5H3/t20-,22+/m1/s1. The zero-order valence-electron chi connectivity index (χ0n) is 18.7. The minimum atomic E-state index is -0.281. The van der Waals surface area contributed by atoms with Crippen LogP contribution in [0, 0.1) is 18.8 Å². The zero-order valence-corrected chi connectivity index (χ0v) is 18.7. The molecule has 3 heterocycles. The van der Waals surface area contributed by atoms with Gasteiger partial charge in [-0.05, 0) is 37.8 Å². The molecule has 3 rings (SSSR count). The number of aryl methyl sites for hydroxylation is 1. The van der Waals surface area contributed by atoms with Gasteiger partial charge in [0.05, 0.1) is 18.2 Å². The van der Waals surface area contributed by atoms with E-state index in [-0.39, 0.29) is 23.8 Å². The molecule has 7 nitrogen and oxygen atoms in total. The number of hydrogen-bond acceptors (Lipinski definition) is 4. The Bertz CT molecular complexity index is 877. The van der Waals surface area contributed by atoms with Crippen LogP contribution in [0.25, 0.3) is 0 Å². The Balaban J connectivity index is 1.87. The van der Waals surface area contributed by atoms with E-state index in [1.54, 1.807) is 17.3 Å². The highest BCUT2D eigenvalue weighted by Gasteiger charge is 2.41. The predicted octanol–water partition coefficient (Wildman–Crippen LogP) is 3.20. The molecule has 2 atom stereocenters. The largest absolute Gasteiger partial charge is 0.341 e. The summed E-state index contributed by atoms with van der Waals surface area (Å²) in [6.45, 7) is 10.2. The van der Waals surface area contributed by atoms with Crippen LogP contribution in [0.4, 0.5) is 0 Å². The van der Waals surface area contributed by atoms with Crippen LogP contribution in [0.3, 0.4) is 0 Å². The van der Waals surface area contributed by atoms with Gasteiger partial charge in [0.15, 0.2) is 0 Å². The summed E-state index contributed by atoms with van der Waals surface area (Å²) in [5.74, 6) is 0.220. The number of aromatic nitrogens is 3. The topological polar surface area (TPSA) is 71.3 Å². The van der Waals surface area contributed by atoms with E-state index in [0.717, 1.165) is 23.4 Å². The molecule has 1 aliphatic rings. The lowest BCUT2D eigenvalue weighted by Crippen LogP contribution is -2.49. The molecular weight excluding hydrogens is 378 g/mol. The van der Waals surface area contributed by atoms with Crippen LogP contribution in [0.15, 0.2) is 30.7 Å². The Kier molecular flexibility index (Phi) is 6.90. The van der Waals surface area contributed by atoms with Crippen LogP contribution in [0.5, 0.6) is 0 Å². The summed E-state index contributed by atoms with van der Waals surface area (Å²) in [6.07, 6.45) is 6.31. The van der Waals surface area contributed by atoms with Crippen LogP contribution in [0.1, 0.15) is 56.5 Å². The maximum absolute atomic E-state index is 13.6. The molecule has 0 bridgehead atoms. The first-order valence-corrected chi connectivity index (χ1v) is 10.8. The number of amides is 2. The second kappa shape index (κ2) is 9.41. The van der Waals surface area contributed by atoms with E-state index in [0.29, 0.717) is 31.8 Å². The van der Waals surface area contributed by atoms with Crippen molar-refractivity contribution < 1.29 is 9.59 Å². The summed E-state index contributed by atoms with van der Waals surface area (Å²) in [7, 11) is 1.84. The molecule has 2 amide bonds. The van der Waals surface area contributed by atoms with Crippen LogP contribution in [-0.4, -0.2) is 50.0 Å². The van der Waals surface area contributed by atoms with Crippen molar-refractivity contribution in [2.75, 3.05) is 13.6 Å². The first kappa shape index (κ1) is 22.0. The molecule has 0 spiro atoms. The van der Waals surface area contributed by atoms with Crippen LogP contribution < -0.4 is 0 Å². The second-order valence-electron chi connectivity index (χ2n) is 8.58. The molecule has 0 saturated carbocycles. The molecule has 7 heteroatoms. The number of pyridine rings is 1. The van der Waals surface area contributed by atoms with Gasteiger partial charge in [-0.15, -0.1) is 0 Å². The maximum atomic E-state index is 13.6. The summed E-state index contributed by atoms with van der Waals surface area (Å²) in [5.41, 5.74) is 3.06. The van der Waals surface area contributed by atoms with Crippen molar-refractivity contribution in [2.45, 2.75) is 59.7 Å². The van der Waals surface area contributed by atoms with Gasteiger partial charge in [0.2, 0.25) is 11.8 Å². The quantitative estimate of drug-likeness (QED) is 0.701. The Hall–Kier alpha value is -2.70. The first-order valence-electron chi connectivity index (χ1n) is 10.8. The minimum Gasteiger partial charge on any atom is -0.341 e. The van der Waals surface area contributed by atoms with Gasteiger partial charge in [0.1, 0.15) is 0 Å². The molecule has 30 heavy (non-hydrogen) atoms. The lowest BCUT2D eigenvalue weighted by Gasteiger charge is -2.42. The second-order valence-corrected chi connectivity index (χ2v) is 8.58. The van der Waals surface area contributed by atoms with E-state index in [4.69, 9.17) is 0 Å². The predicted molar refractivity (Wildman–Crippen MR) is 115 cm³/mol. The number of piperidine rings is 1. The monoisotopic (exact) mass is 411 g/mol. The van der Waals surface area contributed by atoms with Crippen molar-refractivity contribution in [1.29, 1.82) is 0 Å². The number of carbonyl (C=O) groups excluding carboxylic acids is 2. The van der Waals surface area contributed by atoms with E-state index in [1.807, 2.05) is 41.9 Å². The fourth-order valence-electron chi connectivity index (χ4n) is 4.36. The zero-order chi connectivity index (χ0) is 21.8. The average molecular weight is 412 g/mol. The number of nitrogens with zero attached hydrogens (tertiary/aromatic N) is 5. The fourth-order valence-corrected chi connectivity index (χ4v) is 4.36. The van der Waals surface area contributed by atoms with E-state index in [9.17, 15) is 9.59 Å². The van der Waals surface area contributed by atoms with Crippen molar-refractivity contribution in [1.82, 2.24) is 24.6 Å². The lowest BCUT2D eigenvalue weighted by atomic mass is 9.83. The van der Waals surface area contributed by atoms with E-state index in [1.165, 1.54) is 0 Å². The Morgan fingerprint density at radius 1 is 1.33 bits per heavy atom. The van der Waals surface area contributed by atoms with Crippen molar-refractivity contribution in [2.24, 2.45) is 11.8 Å². The van der Waals surface area contributed by atoms with Crippen molar-refractivity contribution >= 4 is 11.8 Å². The highest BCUT2D eigenvalue weighted by molar-refractivity contribution is 5.85. The van der Waals surface area contributed by atoms with Gasteiger partial charge in [0, 0.05) is 56.8 Å². The third-order valence-corrected chi connectivity index (χ3v) is 5.90. The summed E-state index contributed by atoms with van der Waals surface area (Å²) in [4.78, 5) is 34.3. The van der Waals surface area contributed by atoms with Crippen LogP contribution in [-0.2, 0) is 22.7 Å². The Labute approximate surface area is 179 Å². The smallest absolute Gasteiger partial charge is 0.228 e.